The van der Waals surface area contributed by atoms with Crippen molar-refractivity contribution in [3.8, 4) is 0 Å². The second-order valence-corrected chi connectivity index (χ2v) is 4.86. The van der Waals surface area contributed by atoms with Crippen LogP contribution in [0.1, 0.15) is 52.4 Å². The summed E-state index contributed by atoms with van der Waals surface area (Å²) in [5.41, 5.74) is 0. The second kappa shape index (κ2) is 8.75. The minimum Gasteiger partial charge on any atom is -0.116 e. The molecule has 1 aliphatic carbocycles. The van der Waals surface area contributed by atoms with Crippen molar-refractivity contribution in [2.45, 2.75) is 52.4 Å². The van der Waals surface area contributed by atoms with Crippen LogP contribution in [0.15, 0.2) is 0 Å². The maximum Gasteiger partial charge on any atom is -0.0229 e. The van der Waals surface area contributed by atoms with Gasteiger partial charge in [0.25, 0.3) is 0 Å². The van der Waals surface area contributed by atoms with Crippen molar-refractivity contribution in [1.82, 2.24) is 0 Å². The van der Waals surface area contributed by atoms with Crippen LogP contribution in [-0.4, -0.2) is 13.0 Å². The average molecular weight is 200 g/mol. The van der Waals surface area contributed by atoms with E-state index >= 15 is 0 Å². The molecule has 1 fully saturated rings. The predicted octanol–water partition coefficient (Wildman–Crippen LogP) is 4.61. The normalized spacial score (nSPS) is 27.9. The molecule has 0 radical (unpaired) electrons. The van der Waals surface area contributed by atoms with Crippen LogP contribution in [0.5, 0.6) is 0 Å². The molecule has 0 atom stereocenters. The van der Waals surface area contributed by atoms with Gasteiger partial charge in [0.1, 0.15) is 0 Å². The molecule has 0 N–H and O–H groups in total. The van der Waals surface area contributed by atoms with E-state index in [1.807, 2.05) is 6.66 Å². The van der Waals surface area contributed by atoms with Crippen LogP contribution in [0.4, 0.5) is 0 Å². The minimum atomic E-state index is 1.02. The molecule has 0 aliphatic heterocycles. The Morgan fingerprint density at radius 2 is 1.69 bits per heavy atom. The summed E-state index contributed by atoms with van der Waals surface area (Å²) in [6.07, 6.45) is 12.3. The highest BCUT2D eigenvalue weighted by Crippen LogP contribution is 2.30. The standard InChI is InChI=1S/C10H20.C2H5P/c1-3-4-10-7-5-9(2)6-8-10;1-3-2/h9-10H,3-8H2,1-2H3;1H2,2H3. The first kappa shape index (κ1) is 13.2. The lowest BCUT2D eigenvalue weighted by Gasteiger charge is -2.25. The Morgan fingerprint density at radius 1 is 1.23 bits per heavy atom. The molecule has 0 aromatic heterocycles. The van der Waals surface area contributed by atoms with Gasteiger partial charge in [-0.3, -0.25) is 0 Å². The number of rotatable bonds is 2. The fraction of sp³-hybridized carbons (Fsp3) is 0.917. The van der Waals surface area contributed by atoms with Crippen molar-refractivity contribution in [1.29, 1.82) is 0 Å². The van der Waals surface area contributed by atoms with Gasteiger partial charge in [-0.25, -0.2) is 0 Å². The van der Waals surface area contributed by atoms with Gasteiger partial charge in [-0.15, -0.1) is 8.20 Å². The Kier molecular flexibility index (Phi) is 8.87. The average Bonchev–Trinajstić information content (AvgIpc) is 2.11. The molecule has 0 heterocycles. The van der Waals surface area contributed by atoms with Gasteiger partial charge < -0.3 is 0 Å². The molecule has 1 aliphatic rings. The zero-order valence-electron chi connectivity index (χ0n) is 9.55. The van der Waals surface area contributed by atoms with Crippen LogP contribution in [0.25, 0.3) is 0 Å². The molecule has 0 bridgehead atoms. The van der Waals surface area contributed by atoms with Gasteiger partial charge in [-0.2, -0.15) is 0 Å². The third-order valence-corrected chi connectivity index (χ3v) is 2.83. The topological polar surface area (TPSA) is 0 Å². The summed E-state index contributed by atoms with van der Waals surface area (Å²) < 4.78 is 0. The smallest absolute Gasteiger partial charge is 0.0229 e. The van der Waals surface area contributed by atoms with Crippen LogP contribution >= 0.6 is 8.20 Å². The summed E-state index contributed by atoms with van der Waals surface area (Å²) in [6, 6.07) is 0. The lowest BCUT2D eigenvalue weighted by atomic mass is 9.81. The van der Waals surface area contributed by atoms with E-state index in [4.69, 9.17) is 0 Å². The highest BCUT2D eigenvalue weighted by molar-refractivity contribution is 7.35. The third kappa shape index (κ3) is 7.26. The monoisotopic (exact) mass is 200 g/mol. The van der Waals surface area contributed by atoms with E-state index in [0.29, 0.717) is 0 Å². The van der Waals surface area contributed by atoms with Crippen LogP contribution < -0.4 is 0 Å². The van der Waals surface area contributed by atoms with Gasteiger partial charge in [0, 0.05) is 0 Å². The molecule has 1 rings (SSSR count). The van der Waals surface area contributed by atoms with Crippen LogP contribution in [0.2, 0.25) is 0 Å². The molecule has 0 amide bonds. The van der Waals surface area contributed by atoms with E-state index in [1.54, 1.807) is 0 Å². The van der Waals surface area contributed by atoms with E-state index in [-0.39, 0.29) is 0 Å². The molecule has 0 saturated heterocycles. The highest BCUT2D eigenvalue weighted by Gasteiger charge is 2.16. The summed E-state index contributed by atoms with van der Waals surface area (Å²) in [5, 5.41) is 0. The summed E-state index contributed by atoms with van der Waals surface area (Å²) in [7, 11) is 1.17. The first-order valence-corrected chi connectivity index (χ1v) is 7.12. The van der Waals surface area contributed by atoms with E-state index in [2.05, 4.69) is 20.1 Å². The molecule has 0 spiro atoms. The van der Waals surface area contributed by atoms with Crippen molar-refractivity contribution in [2.24, 2.45) is 11.8 Å². The molecule has 0 aromatic rings. The van der Waals surface area contributed by atoms with Crippen molar-refractivity contribution < 1.29 is 0 Å². The quantitative estimate of drug-likeness (QED) is 0.571. The third-order valence-electron chi connectivity index (χ3n) is 2.83. The largest absolute Gasteiger partial charge is 0.116 e. The first-order chi connectivity index (χ1) is 6.24. The summed E-state index contributed by atoms with van der Waals surface area (Å²) >= 11 is 0. The van der Waals surface area contributed by atoms with E-state index in [0.717, 1.165) is 11.8 Å². The number of hydrogen-bond donors (Lipinski definition) is 0. The molecule has 78 valence electrons. The Bertz CT molecular complexity index is 112. The van der Waals surface area contributed by atoms with Crippen LogP contribution in [0, 0.1) is 11.8 Å². The number of hydrogen-bond acceptors (Lipinski definition) is 0. The summed E-state index contributed by atoms with van der Waals surface area (Å²) in [4.78, 5) is 0. The van der Waals surface area contributed by atoms with Crippen LogP contribution in [0.3, 0.4) is 0 Å². The maximum atomic E-state index is 3.46. The van der Waals surface area contributed by atoms with Crippen molar-refractivity contribution in [3.63, 3.8) is 0 Å². The minimum absolute atomic E-state index is 1.02. The van der Waals surface area contributed by atoms with Crippen molar-refractivity contribution in [2.75, 3.05) is 6.66 Å². The fourth-order valence-electron chi connectivity index (χ4n) is 2.03. The SMILES string of the molecule is C=PC.CCCC1CCC(C)CC1. The van der Waals surface area contributed by atoms with Gasteiger partial charge in [-0.05, 0) is 18.5 Å². The van der Waals surface area contributed by atoms with Gasteiger partial charge in [0.15, 0.2) is 0 Å². The van der Waals surface area contributed by atoms with E-state index in [1.165, 1.54) is 46.7 Å². The molecule has 0 nitrogen and oxygen atoms in total. The lowest BCUT2D eigenvalue weighted by molar-refractivity contribution is 0.276. The molecular formula is C12H25P. The molecule has 0 unspecified atom stereocenters. The zero-order valence-corrected chi connectivity index (χ0v) is 10.4. The Hall–Kier alpha value is 0.170. The van der Waals surface area contributed by atoms with Crippen molar-refractivity contribution >= 4 is 14.5 Å². The van der Waals surface area contributed by atoms with Gasteiger partial charge in [0.2, 0.25) is 0 Å². The summed E-state index contributed by atoms with van der Waals surface area (Å²) in [6.45, 7) is 6.68. The second-order valence-electron chi connectivity index (χ2n) is 4.23. The lowest BCUT2D eigenvalue weighted by Crippen LogP contribution is -2.11. The Labute approximate surface area is 85.9 Å². The van der Waals surface area contributed by atoms with Gasteiger partial charge >= 0.3 is 0 Å². The summed E-state index contributed by atoms with van der Waals surface area (Å²) in [5.74, 6) is 2.11. The van der Waals surface area contributed by atoms with Crippen molar-refractivity contribution in [3.05, 3.63) is 0 Å². The van der Waals surface area contributed by atoms with Gasteiger partial charge in [0.05, 0.1) is 0 Å². The van der Waals surface area contributed by atoms with E-state index in [9.17, 15) is 0 Å². The Balaban J connectivity index is 0.000000424. The van der Waals surface area contributed by atoms with E-state index < -0.39 is 0 Å². The zero-order chi connectivity index (χ0) is 10.1. The highest BCUT2D eigenvalue weighted by atomic mass is 31.1. The molecule has 1 saturated carbocycles. The predicted molar refractivity (Wildman–Crippen MR) is 66.0 cm³/mol. The fourth-order valence-corrected chi connectivity index (χ4v) is 2.03. The molecule has 1 heteroatoms. The van der Waals surface area contributed by atoms with Crippen LogP contribution in [-0.2, 0) is 0 Å². The maximum absolute atomic E-state index is 3.46. The molecular weight excluding hydrogens is 175 g/mol. The molecule has 0 aromatic carbocycles. The van der Waals surface area contributed by atoms with Gasteiger partial charge in [-0.1, -0.05) is 58.7 Å². The first-order valence-electron chi connectivity index (χ1n) is 5.59. The molecule has 13 heavy (non-hydrogen) atoms. The Morgan fingerprint density at radius 3 is 2.08 bits per heavy atom.